The van der Waals surface area contributed by atoms with E-state index in [1.54, 1.807) is 0 Å². The molecule has 0 unspecified atom stereocenters. The van der Waals surface area contributed by atoms with Crippen molar-refractivity contribution in [2.24, 2.45) is 0 Å². The fourth-order valence-electron chi connectivity index (χ4n) is 3.34. The van der Waals surface area contributed by atoms with E-state index in [-0.39, 0.29) is 16.6 Å². The van der Waals surface area contributed by atoms with Crippen molar-refractivity contribution in [1.82, 2.24) is 14.7 Å². The van der Waals surface area contributed by atoms with E-state index < -0.39 is 15.9 Å². The summed E-state index contributed by atoms with van der Waals surface area (Å²) in [7, 11) is -3.93. The molecule has 1 heterocycles. The van der Waals surface area contributed by atoms with E-state index in [2.05, 4.69) is 10.3 Å². The third-order valence-corrected chi connectivity index (χ3v) is 7.18. The number of nitrogens with one attached hydrogen (secondary N) is 3. The number of nitrogens with zero attached hydrogens (tertiary/aromatic N) is 1. The van der Waals surface area contributed by atoms with Crippen LogP contribution in [-0.2, 0) is 19.6 Å². The highest BCUT2D eigenvalue weighted by Gasteiger charge is 2.17. The molecular weight excluding hydrogens is 484 g/mol. The number of hydrogen-bond donors (Lipinski definition) is 3. The summed E-state index contributed by atoms with van der Waals surface area (Å²) < 4.78 is 26.0. The second-order valence-corrected chi connectivity index (χ2v) is 10.2. The summed E-state index contributed by atoms with van der Waals surface area (Å²) in [5, 5.41) is 3.34. The highest BCUT2D eigenvalue weighted by Crippen LogP contribution is 2.32. The smallest absolute Gasteiger partial charge is 0.264 e. The van der Waals surface area contributed by atoms with E-state index in [4.69, 9.17) is 4.98 Å². The molecule has 10 heteroatoms. The fraction of sp³-hybridized carbons (Fsp3) is 0.0800. The molecule has 8 nitrogen and oxygen atoms in total. The van der Waals surface area contributed by atoms with Crippen molar-refractivity contribution in [3.63, 3.8) is 0 Å². The van der Waals surface area contributed by atoms with Gasteiger partial charge < -0.3 is 10.3 Å². The third kappa shape index (κ3) is 6.17. The Kier molecular flexibility index (Phi) is 7.33. The second kappa shape index (κ2) is 10.6. The topological polar surface area (TPSA) is 121 Å². The zero-order valence-electron chi connectivity index (χ0n) is 18.7. The predicted octanol–water partition coefficient (Wildman–Crippen LogP) is 4.30. The quantitative estimate of drug-likeness (QED) is 0.307. The Morgan fingerprint density at radius 3 is 2.09 bits per heavy atom. The number of amides is 2. The molecule has 0 aliphatic carbocycles. The maximum Gasteiger partial charge on any atom is 0.264 e. The number of imidazole rings is 1. The Morgan fingerprint density at radius 1 is 0.886 bits per heavy atom. The molecule has 0 fully saturated rings. The Bertz CT molecular complexity index is 1380. The Hall–Kier alpha value is -3.89. The molecular formula is C25H22N4O4S2. The van der Waals surface area contributed by atoms with Gasteiger partial charge >= 0.3 is 0 Å². The van der Waals surface area contributed by atoms with Crippen LogP contribution in [0.5, 0.6) is 0 Å². The number of carbonyl (C=O) groups is 2. The van der Waals surface area contributed by atoms with E-state index in [1.807, 2.05) is 65.4 Å². The summed E-state index contributed by atoms with van der Waals surface area (Å²) in [6, 6.07) is 25.2. The first-order valence-corrected chi connectivity index (χ1v) is 13.1. The van der Waals surface area contributed by atoms with E-state index in [1.165, 1.54) is 36.0 Å². The van der Waals surface area contributed by atoms with Crippen molar-refractivity contribution in [2.75, 3.05) is 11.1 Å². The largest absolute Gasteiger partial charge is 0.332 e. The fourth-order valence-corrected chi connectivity index (χ4v) is 5.00. The standard InChI is InChI=1S/C25H22N4O4S2/c1-17(30)29-35(32,33)21-14-12-20(13-15-21)26-22(31)16-34-25-27-23(18-8-4-2-5-9-18)24(28-25)19-10-6-3-7-11-19/h2-15H,16H2,1H3,(H,26,31)(H,27,28)(H,29,30). The lowest BCUT2D eigenvalue weighted by molar-refractivity contribution is -0.117. The number of carbonyl (C=O) groups excluding carboxylic acids is 2. The monoisotopic (exact) mass is 506 g/mol. The lowest BCUT2D eigenvalue weighted by Gasteiger charge is -2.07. The molecule has 0 aliphatic heterocycles. The summed E-state index contributed by atoms with van der Waals surface area (Å²) in [5.41, 5.74) is 4.07. The number of aromatic nitrogens is 2. The van der Waals surface area contributed by atoms with Gasteiger partial charge in [-0.3, -0.25) is 9.59 Å². The molecule has 0 saturated heterocycles. The van der Waals surface area contributed by atoms with Gasteiger partial charge in [-0.15, -0.1) is 0 Å². The number of benzene rings is 3. The number of anilines is 1. The molecule has 3 N–H and O–H groups in total. The normalized spacial score (nSPS) is 11.1. The average Bonchev–Trinajstić information content (AvgIpc) is 3.28. The maximum absolute atomic E-state index is 12.5. The first kappa shape index (κ1) is 24.2. The summed E-state index contributed by atoms with van der Waals surface area (Å²) in [4.78, 5) is 31.5. The lowest BCUT2D eigenvalue weighted by Crippen LogP contribution is -2.28. The minimum absolute atomic E-state index is 0.0717. The van der Waals surface area contributed by atoms with Crippen molar-refractivity contribution in [1.29, 1.82) is 0 Å². The molecule has 0 bridgehead atoms. The van der Waals surface area contributed by atoms with Crippen LogP contribution in [0.15, 0.2) is 95.0 Å². The number of hydrogen-bond acceptors (Lipinski definition) is 6. The van der Waals surface area contributed by atoms with Crippen LogP contribution in [0.25, 0.3) is 22.5 Å². The first-order chi connectivity index (χ1) is 16.8. The van der Waals surface area contributed by atoms with Crippen molar-refractivity contribution < 1.29 is 18.0 Å². The molecule has 2 amide bonds. The van der Waals surface area contributed by atoms with Crippen LogP contribution < -0.4 is 10.0 Å². The second-order valence-electron chi connectivity index (χ2n) is 7.52. The highest BCUT2D eigenvalue weighted by atomic mass is 32.2. The van der Waals surface area contributed by atoms with Crippen molar-refractivity contribution in [3.8, 4) is 22.5 Å². The molecule has 4 rings (SSSR count). The van der Waals surface area contributed by atoms with Crippen LogP contribution >= 0.6 is 11.8 Å². The first-order valence-electron chi connectivity index (χ1n) is 10.6. The van der Waals surface area contributed by atoms with Crippen molar-refractivity contribution in [3.05, 3.63) is 84.9 Å². The lowest BCUT2D eigenvalue weighted by atomic mass is 10.1. The number of H-pyrrole nitrogens is 1. The number of aromatic amines is 1. The summed E-state index contributed by atoms with van der Waals surface area (Å²) in [5.74, 6) is -0.850. The van der Waals surface area contributed by atoms with Gasteiger partial charge in [0, 0.05) is 23.7 Å². The summed E-state index contributed by atoms with van der Waals surface area (Å²) in [6.07, 6.45) is 0. The van der Waals surface area contributed by atoms with Crippen LogP contribution in [0.4, 0.5) is 5.69 Å². The van der Waals surface area contributed by atoms with Gasteiger partial charge in [-0.05, 0) is 24.3 Å². The van der Waals surface area contributed by atoms with E-state index in [9.17, 15) is 18.0 Å². The van der Waals surface area contributed by atoms with E-state index >= 15 is 0 Å². The molecule has 3 aromatic carbocycles. The molecule has 0 aliphatic rings. The third-order valence-electron chi connectivity index (χ3n) is 4.86. The Morgan fingerprint density at radius 2 is 1.49 bits per heavy atom. The van der Waals surface area contributed by atoms with Crippen LogP contribution in [0.1, 0.15) is 6.92 Å². The van der Waals surface area contributed by atoms with Crippen LogP contribution in [0.2, 0.25) is 0 Å². The average molecular weight is 507 g/mol. The summed E-state index contributed by atoms with van der Waals surface area (Å²) >= 11 is 1.26. The number of rotatable bonds is 8. The van der Waals surface area contributed by atoms with Gasteiger partial charge in [0.05, 0.1) is 22.0 Å². The minimum Gasteiger partial charge on any atom is -0.332 e. The number of thioether (sulfide) groups is 1. The van der Waals surface area contributed by atoms with Crippen molar-refractivity contribution >= 4 is 39.3 Å². The van der Waals surface area contributed by atoms with Gasteiger partial charge in [0.25, 0.3) is 10.0 Å². The van der Waals surface area contributed by atoms with Gasteiger partial charge in [0.15, 0.2) is 5.16 Å². The molecule has 0 radical (unpaired) electrons. The molecule has 1 aromatic heterocycles. The predicted molar refractivity (Wildman–Crippen MR) is 136 cm³/mol. The van der Waals surface area contributed by atoms with Crippen LogP contribution in [-0.4, -0.2) is 36.0 Å². The van der Waals surface area contributed by atoms with Gasteiger partial charge in [0.1, 0.15) is 0 Å². The van der Waals surface area contributed by atoms with Crippen LogP contribution in [0, 0.1) is 0 Å². The molecule has 35 heavy (non-hydrogen) atoms. The van der Waals surface area contributed by atoms with Gasteiger partial charge in [0.2, 0.25) is 11.8 Å². The maximum atomic E-state index is 12.5. The molecule has 178 valence electrons. The molecule has 4 aromatic rings. The molecule has 0 spiro atoms. The minimum atomic E-state index is -3.93. The van der Waals surface area contributed by atoms with Gasteiger partial charge in [-0.1, -0.05) is 72.4 Å². The Balaban J connectivity index is 1.45. The van der Waals surface area contributed by atoms with Gasteiger partial charge in [-0.25, -0.2) is 18.1 Å². The van der Waals surface area contributed by atoms with Crippen molar-refractivity contribution in [2.45, 2.75) is 17.0 Å². The molecule has 0 saturated carbocycles. The zero-order valence-corrected chi connectivity index (χ0v) is 20.3. The molecule has 0 atom stereocenters. The SMILES string of the molecule is CC(=O)NS(=O)(=O)c1ccc(NC(=O)CSc2nc(-c3ccccc3)c(-c3ccccc3)[nH]2)cc1. The van der Waals surface area contributed by atoms with Crippen LogP contribution in [0.3, 0.4) is 0 Å². The van der Waals surface area contributed by atoms with E-state index in [0.29, 0.717) is 10.8 Å². The zero-order chi connectivity index (χ0) is 24.8. The van der Waals surface area contributed by atoms with E-state index in [0.717, 1.165) is 29.4 Å². The Labute approximate surface area is 207 Å². The number of sulfonamides is 1. The summed E-state index contributed by atoms with van der Waals surface area (Å²) in [6.45, 7) is 1.12. The van der Waals surface area contributed by atoms with Gasteiger partial charge in [-0.2, -0.15) is 0 Å². The highest BCUT2D eigenvalue weighted by molar-refractivity contribution is 7.99.